The van der Waals surface area contributed by atoms with Gasteiger partial charge in [0.25, 0.3) is 0 Å². The summed E-state index contributed by atoms with van der Waals surface area (Å²) in [6.45, 7) is 0. The lowest BCUT2D eigenvalue weighted by atomic mass is 10.0. The first kappa shape index (κ1) is 26.2. The third-order valence-corrected chi connectivity index (χ3v) is 7.25. The summed E-state index contributed by atoms with van der Waals surface area (Å²) in [6, 6.07) is 13.9. The van der Waals surface area contributed by atoms with Gasteiger partial charge in [0.1, 0.15) is 17.2 Å². The Balaban J connectivity index is 1.50. The second kappa shape index (κ2) is 11.1. The summed E-state index contributed by atoms with van der Waals surface area (Å²) in [5, 5.41) is 8.77. The Bertz CT molecular complexity index is 1670. The number of furan rings is 1. The van der Waals surface area contributed by atoms with Crippen LogP contribution < -0.4 is 14.2 Å². The van der Waals surface area contributed by atoms with Crippen molar-refractivity contribution in [3.63, 3.8) is 0 Å². The van der Waals surface area contributed by atoms with E-state index in [2.05, 4.69) is 24.9 Å². The van der Waals surface area contributed by atoms with Gasteiger partial charge in [-0.25, -0.2) is 8.42 Å². The molecule has 5 rings (SSSR count). The molecule has 0 spiro atoms. The summed E-state index contributed by atoms with van der Waals surface area (Å²) in [5.41, 5.74) is 2.52. The van der Waals surface area contributed by atoms with Crippen molar-refractivity contribution in [2.45, 2.75) is 6.42 Å². The number of aromatic nitrogens is 5. The minimum absolute atomic E-state index is 0.0670. The lowest BCUT2D eigenvalue weighted by Gasteiger charge is -2.17. The Morgan fingerprint density at radius 3 is 2.44 bits per heavy atom. The van der Waals surface area contributed by atoms with Crippen LogP contribution in [0.25, 0.3) is 28.4 Å². The molecular weight excluding hydrogens is 544 g/mol. The van der Waals surface area contributed by atoms with E-state index >= 15 is 0 Å². The van der Waals surface area contributed by atoms with E-state index in [4.69, 9.17) is 25.5 Å². The van der Waals surface area contributed by atoms with E-state index in [9.17, 15) is 8.42 Å². The fourth-order valence-corrected chi connectivity index (χ4v) is 5.18. The molecule has 0 bridgehead atoms. The molecule has 4 aromatic heterocycles. The van der Waals surface area contributed by atoms with Crippen molar-refractivity contribution in [1.82, 2.24) is 24.7 Å². The van der Waals surface area contributed by atoms with Gasteiger partial charge in [0, 0.05) is 36.3 Å². The molecule has 0 atom stereocenters. The average Bonchev–Trinajstić information content (AvgIpc) is 3.62. The average molecular weight is 567 g/mol. The lowest BCUT2D eigenvalue weighted by Crippen LogP contribution is -2.21. The van der Waals surface area contributed by atoms with Gasteiger partial charge in [0.05, 0.1) is 31.3 Å². The number of aryl methyl sites for hydroxylation is 1. The molecule has 1 aromatic carbocycles. The zero-order valence-electron chi connectivity index (χ0n) is 20.9. The Kier molecular flexibility index (Phi) is 7.48. The van der Waals surface area contributed by atoms with Gasteiger partial charge in [-0.15, -0.1) is 10.2 Å². The molecule has 5 aromatic rings. The van der Waals surface area contributed by atoms with Crippen LogP contribution in [0.15, 0.2) is 77.8 Å². The minimum atomic E-state index is -3.94. The number of ether oxygens (including phenoxy) is 2. The zero-order valence-corrected chi connectivity index (χ0v) is 22.5. The maximum Gasteiger partial charge on any atom is 0.243 e. The number of benzene rings is 1. The van der Waals surface area contributed by atoms with Crippen molar-refractivity contribution < 1.29 is 22.3 Å². The first-order valence-corrected chi connectivity index (χ1v) is 13.7. The predicted octanol–water partition coefficient (Wildman–Crippen LogP) is 4.64. The van der Waals surface area contributed by atoms with E-state index in [0.717, 1.165) is 11.1 Å². The van der Waals surface area contributed by atoms with E-state index in [0.29, 0.717) is 33.7 Å². The Morgan fingerprint density at radius 1 is 1.03 bits per heavy atom. The highest BCUT2D eigenvalue weighted by atomic mass is 35.5. The molecule has 0 aliphatic carbocycles. The summed E-state index contributed by atoms with van der Waals surface area (Å²) in [5.74, 6) is 1.09. The van der Waals surface area contributed by atoms with E-state index in [1.807, 2.05) is 12.1 Å². The van der Waals surface area contributed by atoms with Crippen molar-refractivity contribution in [3.8, 4) is 39.9 Å². The van der Waals surface area contributed by atoms with Crippen LogP contribution in [0, 0.1) is 0 Å². The highest BCUT2D eigenvalue weighted by Crippen LogP contribution is 2.37. The molecule has 0 saturated heterocycles. The fourth-order valence-electron chi connectivity index (χ4n) is 4.05. The molecule has 11 nitrogen and oxygen atoms in total. The van der Waals surface area contributed by atoms with E-state index in [-0.39, 0.29) is 23.9 Å². The Morgan fingerprint density at radius 2 is 1.77 bits per heavy atom. The van der Waals surface area contributed by atoms with Gasteiger partial charge in [-0.1, -0.05) is 17.7 Å². The van der Waals surface area contributed by atoms with Crippen molar-refractivity contribution in [1.29, 1.82) is 0 Å². The van der Waals surface area contributed by atoms with Crippen molar-refractivity contribution >= 4 is 27.6 Å². The maximum absolute atomic E-state index is 13.3. The largest absolute Gasteiger partial charge is 0.494 e. The van der Waals surface area contributed by atoms with Crippen LogP contribution in [-0.2, 0) is 16.4 Å². The molecule has 200 valence electrons. The number of hydrogen-bond donors (Lipinski definition) is 1. The maximum atomic E-state index is 13.3. The summed E-state index contributed by atoms with van der Waals surface area (Å²) >= 11 is 6.18. The van der Waals surface area contributed by atoms with Crippen LogP contribution in [0.5, 0.6) is 11.5 Å². The number of rotatable bonds is 10. The molecule has 0 radical (unpaired) electrons. The van der Waals surface area contributed by atoms with E-state index in [1.54, 1.807) is 48.8 Å². The van der Waals surface area contributed by atoms with Crippen molar-refractivity contribution in [2.24, 2.45) is 0 Å². The highest BCUT2D eigenvalue weighted by Gasteiger charge is 2.26. The molecule has 0 amide bonds. The molecular formula is C26H23ClN6O5S. The molecule has 39 heavy (non-hydrogen) atoms. The number of para-hydroxylation sites is 1. The predicted molar refractivity (Wildman–Crippen MR) is 146 cm³/mol. The van der Waals surface area contributed by atoms with E-state index < -0.39 is 10.0 Å². The van der Waals surface area contributed by atoms with Crippen LogP contribution in [0.2, 0.25) is 5.02 Å². The SMILES string of the molecule is COc1cccc(OC)c1-n1c(NS(=O)(=O)CCc2ncc(Cl)cc2-c2ccncc2)nnc1-c1ccco1. The van der Waals surface area contributed by atoms with Gasteiger partial charge < -0.3 is 13.9 Å². The third-order valence-electron chi connectivity index (χ3n) is 5.81. The molecule has 13 heteroatoms. The summed E-state index contributed by atoms with van der Waals surface area (Å²) in [4.78, 5) is 8.42. The van der Waals surface area contributed by atoms with Crippen LogP contribution >= 0.6 is 11.6 Å². The summed E-state index contributed by atoms with van der Waals surface area (Å²) in [6.07, 6.45) is 6.38. The van der Waals surface area contributed by atoms with Gasteiger partial charge in [-0.3, -0.25) is 19.3 Å². The number of pyridine rings is 2. The highest BCUT2D eigenvalue weighted by molar-refractivity contribution is 7.92. The quantitative estimate of drug-likeness (QED) is 0.256. The van der Waals surface area contributed by atoms with Crippen LogP contribution in [0.4, 0.5) is 5.95 Å². The number of methoxy groups -OCH3 is 2. The molecule has 1 N–H and O–H groups in total. The molecule has 0 fully saturated rings. The molecule has 0 aliphatic heterocycles. The first-order valence-electron chi connectivity index (χ1n) is 11.7. The van der Waals surface area contributed by atoms with Gasteiger partial charge in [-0.05, 0) is 48.0 Å². The van der Waals surface area contributed by atoms with Crippen LogP contribution in [0.3, 0.4) is 0 Å². The first-order chi connectivity index (χ1) is 18.9. The number of nitrogens with zero attached hydrogens (tertiary/aromatic N) is 5. The Hall–Kier alpha value is -4.42. The number of nitrogens with one attached hydrogen (secondary N) is 1. The topological polar surface area (TPSA) is 134 Å². The van der Waals surface area contributed by atoms with Gasteiger partial charge in [0.2, 0.25) is 21.8 Å². The normalized spacial score (nSPS) is 11.4. The summed E-state index contributed by atoms with van der Waals surface area (Å²) < 4.78 is 47.3. The van der Waals surface area contributed by atoms with Gasteiger partial charge in [0.15, 0.2) is 5.76 Å². The fraction of sp³-hybridized carbons (Fsp3) is 0.154. The standard InChI is InChI=1S/C26H23ClN6O5S/c1-36-21-5-3-6-22(37-2)24(21)33-25(23-7-4-13-38-23)30-31-26(33)32-39(34,35)14-10-20-19(15-18(27)16-29-20)17-8-11-28-12-9-17/h3-9,11-13,15-16H,10,14H2,1-2H3,(H,31,32). The van der Waals surface area contributed by atoms with E-state index in [1.165, 1.54) is 31.2 Å². The van der Waals surface area contributed by atoms with Crippen molar-refractivity contribution in [3.05, 3.63) is 84.1 Å². The van der Waals surface area contributed by atoms with Gasteiger partial charge in [-0.2, -0.15) is 0 Å². The lowest BCUT2D eigenvalue weighted by molar-refractivity contribution is 0.391. The molecule has 4 heterocycles. The number of sulfonamides is 1. The number of anilines is 1. The molecule has 0 aliphatic rings. The second-order valence-corrected chi connectivity index (χ2v) is 10.5. The monoisotopic (exact) mass is 566 g/mol. The third kappa shape index (κ3) is 5.56. The van der Waals surface area contributed by atoms with Gasteiger partial charge >= 0.3 is 0 Å². The van der Waals surface area contributed by atoms with Crippen LogP contribution in [-0.4, -0.2) is 53.1 Å². The zero-order chi connectivity index (χ0) is 27.4. The number of halogens is 1. The summed E-state index contributed by atoms with van der Waals surface area (Å²) in [7, 11) is -0.941. The minimum Gasteiger partial charge on any atom is -0.494 e. The smallest absolute Gasteiger partial charge is 0.243 e. The molecule has 0 saturated carbocycles. The molecule has 0 unspecified atom stereocenters. The number of hydrogen-bond acceptors (Lipinski definition) is 9. The second-order valence-electron chi connectivity index (χ2n) is 8.23. The van der Waals surface area contributed by atoms with Crippen molar-refractivity contribution in [2.75, 3.05) is 24.7 Å². The Labute approximate surface area is 229 Å². The van der Waals surface area contributed by atoms with Crippen LogP contribution in [0.1, 0.15) is 5.69 Å².